The minimum Gasteiger partial charge on any atom is -0.453 e. The Bertz CT molecular complexity index is 1770. The first kappa shape index (κ1) is 33.0. The number of anilines is 1. The van der Waals surface area contributed by atoms with Crippen LogP contribution in [0.2, 0.25) is 5.02 Å². The lowest BCUT2D eigenvalue weighted by Crippen LogP contribution is -2.44. The summed E-state index contributed by atoms with van der Waals surface area (Å²) >= 11 is 6.39. The molecular formula is C31H39ClFN5O6S. The van der Waals surface area contributed by atoms with E-state index in [4.69, 9.17) is 21.1 Å². The predicted molar refractivity (Wildman–Crippen MR) is 171 cm³/mol. The Morgan fingerprint density at radius 1 is 1.20 bits per heavy atom. The third-order valence-electron chi connectivity index (χ3n) is 8.66. The van der Waals surface area contributed by atoms with E-state index in [0.29, 0.717) is 24.0 Å². The van der Waals surface area contributed by atoms with Crippen molar-refractivity contribution in [1.82, 2.24) is 18.8 Å². The molecule has 2 aromatic carbocycles. The van der Waals surface area contributed by atoms with Gasteiger partial charge in [-0.15, -0.1) is 0 Å². The highest BCUT2D eigenvalue weighted by Crippen LogP contribution is 2.50. The zero-order valence-electron chi connectivity index (χ0n) is 26.1. The average Bonchev–Trinajstić information content (AvgIpc) is 3.38. The van der Waals surface area contributed by atoms with E-state index in [1.165, 1.54) is 19.2 Å². The van der Waals surface area contributed by atoms with Gasteiger partial charge in [0.25, 0.3) is 5.56 Å². The van der Waals surface area contributed by atoms with E-state index in [1.54, 1.807) is 34.9 Å². The van der Waals surface area contributed by atoms with Gasteiger partial charge in [-0.25, -0.2) is 14.2 Å². The van der Waals surface area contributed by atoms with E-state index in [9.17, 15) is 22.4 Å². The molecule has 1 saturated carbocycles. The minimum absolute atomic E-state index is 0.0370. The molecule has 3 aromatic rings. The summed E-state index contributed by atoms with van der Waals surface area (Å²) in [6.07, 6.45) is 5.52. The molecule has 1 aliphatic heterocycles. The SMILES string of the molecule is CCN(C)S(=O)(=O)Nc1ccc(F)c(Oc2ccc3ncn([C@H]4CCC5(CCN(C(=O)OC(C)(C)C)CC5)C4)c(=O)c3c2)c1Cl. The number of ether oxygens (including phenoxy) is 2. The first-order valence-electron chi connectivity index (χ1n) is 15.0. The van der Waals surface area contributed by atoms with Crippen molar-refractivity contribution in [3.05, 3.63) is 57.9 Å². The van der Waals surface area contributed by atoms with Gasteiger partial charge < -0.3 is 14.4 Å². The van der Waals surface area contributed by atoms with E-state index < -0.39 is 21.6 Å². The number of piperidine rings is 1. The fraction of sp³-hybridized carbons (Fsp3) is 0.516. The number of likely N-dealkylation sites (tertiary alicyclic amines) is 1. The van der Waals surface area contributed by atoms with Crippen LogP contribution in [0.25, 0.3) is 10.9 Å². The van der Waals surface area contributed by atoms with E-state index in [1.807, 2.05) is 20.8 Å². The third-order valence-corrected chi connectivity index (χ3v) is 10.6. The first-order valence-corrected chi connectivity index (χ1v) is 16.8. The zero-order valence-corrected chi connectivity index (χ0v) is 27.7. The molecule has 1 atom stereocenters. The van der Waals surface area contributed by atoms with Gasteiger partial charge in [0, 0.05) is 32.7 Å². The Labute approximate surface area is 267 Å². The Morgan fingerprint density at radius 2 is 1.91 bits per heavy atom. The zero-order chi connectivity index (χ0) is 32.7. The van der Waals surface area contributed by atoms with Crippen molar-refractivity contribution in [2.75, 3.05) is 31.4 Å². The summed E-state index contributed by atoms with van der Waals surface area (Å²) in [6.45, 7) is 8.68. The van der Waals surface area contributed by atoms with Gasteiger partial charge in [-0.2, -0.15) is 12.7 Å². The lowest BCUT2D eigenvalue weighted by Gasteiger charge is -2.40. The summed E-state index contributed by atoms with van der Waals surface area (Å²) in [5.74, 6) is -1.04. The number of nitrogens with zero attached hydrogens (tertiary/aromatic N) is 4. The average molecular weight is 664 g/mol. The quantitative estimate of drug-likeness (QED) is 0.313. The van der Waals surface area contributed by atoms with Gasteiger partial charge in [-0.3, -0.25) is 14.1 Å². The minimum atomic E-state index is -3.91. The number of amides is 1. The van der Waals surface area contributed by atoms with Crippen LogP contribution in [0.3, 0.4) is 0 Å². The van der Waals surface area contributed by atoms with Crippen LogP contribution < -0.4 is 15.0 Å². The van der Waals surface area contributed by atoms with Crippen molar-refractivity contribution >= 4 is 44.5 Å². The molecule has 14 heteroatoms. The van der Waals surface area contributed by atoms with Crippen molar-refractivity contribution in [1.29, 1.82) is 0 Å². The highest BCUT2D eigenvalue weighted by molar-refractivity contribution is 7.90. The molecule has 0 bridgehead atoms. The first-order chi connectivity index (χ1) is 21.1. The maximum absolute atomic E-state index is 14.8. The normalized spacial score (nSPS) is 18.5. The number of aromatic nitrogens is 2. The lowest BCUT2D eigenvalue weighted by atomic mass is 9.77. The predicted octanol–water partition coefficient (Wildman–Crippen LogP) is 6.33. The van der Waals surface area contributed by atoms with Crippen LogP contribution >= 0.6 is 11.6 Å². The molecular weight excluding hydrogens is 625 g/mol. The van der Waals surface area contributed by atoms with E-state index in [0.717, 1.165) is 42.5 Å². The Morgan fingerprint density at radius 3 is 2.58 bits per heavy atom. The molecule has 1 N–H and O–H groups in total. The number of carbonyl (C=O) groups excluding carboxylic acids is 1. The Balaban J connectivity index is 1.34. The lowest BCUT2D eigenvalue weighted by molar-refractivity contribution is 0.0103. The number of rotatable bonds is 7. The fourth-order valence-corrected chi connectivity index (χ4v) is 7.25. The van der Waals surface area contributed by atoms with Crippen LogP contribution in [0.15, 0.2) is 41.5 Å². The van der Waals surface area contributed by atoms with Gasteiger partial charge in [0.15, 0.2) is 11.6 Å². The van der Waals surface area contributed by atoms with Crippen molar-refractivity contribution in [3.8, 4) is 11.5 Å². The third kappa shape index (κ3) is 7.05. The van der Waals surface area contributed by atoms with Crippen LogP contribution in [0.1, 0.15) is 65.8 Å². The standard InChI is InChI=1S/C31H39ClFN5O6S/c1-6-36(5)45(41,42)35-25-10-8-23(33)27(26(25)32)43-21-7-9-24-22(17-21)28(39)38(19-34-24)20-11-12-31(18-20)13-15-37(16-14-31)29(40)44-30(2,3)4/h7-10,17,19-20,35H,6,11-16,18H2,1-5H3/t20-/m0/s1. The van der Waals surface area contributed by atoms with Gasteiger partial charge in [-0.1, -0.05) is 18.5 Å². The van der Waals surface area contributed by atoms with Crippen LogP contribution in [0.5, 0.6) is 11.5 Å². The molecule has 1 aromatic heterocycles. The monoisotopic (exact) mass is 663 g/mol. The van der Waals surface area contributed by atoms with Gasteiger partial charge in [0.1, 0.15) is 16.4 Å². The molecule has 11 nitrogen and oxygen atoms in total. The summed E-state index contributed by atoms with van der Waals surface area (Å²) in [7, 11) is -2.52. The fourth-order valence-electron chi connectivity index (χ4n) is 6.01. The number of hydrogen-bond acceptors (Lipinski definition) is 7. The van der Waals surface area contributed by atoms with Crippen LogP contribution in [0.4, 0.5) is 14.9 Å². The maximum atomic E-state index is 14.8. The van der Waals surface area contributed by atoms with Crippen LogP contribution in [-0.2, 0) is 14.9 Å². The van der Waals surface area contributed by atoms with E-state index in [2.05, 4.69) is 9.71 Å². The summed E-state index contributed by atoms with van der Waals surface area (Å²) < 4.78 is 56.3. The molecule has 5 rings (SSSR count). The van der Waals surface area contributed by atoms with Crippen molar-refractivity contribution in [2.24, 2.45) is 5.41 Å². The number of fused-ring (bicyclic) bond motifs is 1. The molecule has 1 saturated heterocycles. The molecule has 1 amide bonds. The second-order valence-corrected chi connectivity index (χ2v) is 15.0. The molecule has 0 radical (unpaired) electrons. The largest absolute Gasteiger partial charge is 0.453 e. The molecule has 45 heavy (non-hydrogen) atoms. The van der Waals surface area contributed by atoms with Crippen LogP contribution in [-0.4, -0.2) is 65.6 Å². The van der Waals surface area contributed by atoms with Crippen molar-refractivity contribution in [2.45, 2.75) is 71.4 Å². The Hall–Kier alpha value is -3.42. The van der Waals surface area contributed by atoms with E-state index >= 15 is 0 Å². The molecule has 244 valence electrons. The van der Waals surface area contributed by atoms with Gasteiger partial charge >= 0.3 is 16.3 Å². The second-order valence-electron chi connectivity index (χ2n) is 12.9. The highest BCUT2D eigenvalue weighted by Gasteiger charge is 2.43. The summed E-state index contributed by atoms with van der Waals surface area (Å²) in [6, 6.07) is 6.85. The molecule has 2 fully saturated rings. The maximum Gasteiger partial charge on any atom is 0.410 e. The number of hydrogen-bond donors (Lipinski definition) is 1. The molecule has 2 heterocycles. The number of benzene rings is 2. The topological polar surface area (TPSA) is 123 Å². The highest BCUT2D eigenvalue weighted by atomic mass is 35.5. The smallest absolute Gasteiger partial charge is 0.410 e. The molecule has 2 aliphatic rings. The van der Waals surface area contributed by atoms with Gasteiger partial charge in [0.05, 0.1) is 22.9 Å². The van der Waals surface area contributed by atoms with Crippen molar-refractivity contribution in [3.63, 3.8) is 0 Å². The number of nitrogens with one attached hydrogen (secondary N) is 1. The van der Waals surface area contributed by atoms with Crippen LogP contribution in [0, 0.1) is 11.2 Å². The van der Waals surface area contributed by atoms with E-state index in [-0.39, 0.29) is 51.9 Å². The molecule has 1 spiro atoms. The molecule has 1 aliphatic carbocycles. The summed E-state index contributed by atoms with van der Waals surface area (Å²) in [5.41, 5.74) is -0.344. The number of carbonyl (C=O) groups is 1. The summed E-state index contributed by atoms with van der Waals surface area (Å²) in [4.78, 5) is 32.5. The molecule has 0 unspecified atom stereocenters. The van der Waals surface area contributed by atoms with Gasteiger partial charge in [-0.05, 0) is 88.6 Å². The van der Waals surface area contributed by atoms with Gasteiger partial charge in [0.2, 0.25) is 0 Å². The Kier molecular flexibility index (Phi) is 9.09. The summed E-state index contributed by atoms with van der Waals surface area (Å²) in [5, 5.41) is 0.0365. The second kappa shape index (κ2) is 12.4. The number of halogens is 2. The van der Waals surface area contributed by atoms with Crippen molar-refractivity contribution < 1.29 is 27.1 Å².